The van der Waals surface area contributed by atoms with Crippen molar-refractivity contribution in [3.05, 3.63) is 33.2 Å². The Morgan fingerprint density at radius 3 is 2.50 bits per heavy atom. The molecule has 1 aromatic carbocycles. The van der Waals surface area contributed by atoms with Gasteiger partial charge in [-0.3, -0.25) is 9.59 Å². The van der Waals surface area contributed by atoms with Crippen LogP contribution in [0.1, 0.15) is 43.4 Å². The maximum absolute atomic E-state index is 12.9. The van der Waals surface area contributed by atoms with Crippen LogP contribution < -0.4 is 15.1 Å². The molecule has 32 heavy (non-hydrogen) atoms. The Labute approximate surface area is 188 Å². The van der Waals surface area contributed by atoms with Crippen molar-refractivity contribution in [2.75, 3.05) is 34.8 Å². The Hall–Kier alpha value is -3.03. The summed E-state index contributed by atoms with van der Waals surface area (Å²) in [7, 11) is 6.43. The highest BCUT2D eigenvalue weighted by Crippen LogP contribution is 2.43. The Kier molecular flexibility index (Phi) is 6.53. The summed E-state index contributed by atoms with van der Waals surface area (Å²) in [5, 5.41) is 0.729. The molecule has 0 unspecified atom stereocenters. The first-order chi connectivity index (χ1) is 14.9. The molecule has 0 aliphatic carbocycles. The largest absolute Gasteiger partial charge is 0.496 e. The zero-order chi connectivity index (χ0) is 23.8. The molecular formula is C24H32N2O6. The molecule has 0 saturated carbocycles. The molecule has 0 radical (unpaired) electrons. The molecule has 2 heterocycles. The number of fused-ring (bicyclic) bond motifs is 3. The van der Waals surface area contributed by atoms with Gasteiger partial charge >= 0.3 is 5.63 Å². The van der Waals surface area contributed by atoms with Gasteiger partial charge in [-0.1, -0.05) is 0 Å². The Bertz CT molecular complexity index is 1120. The van der Waals surface area contributed by atoms with Crippen molar-refractivity contribution >= 4 is 22.8 Å². The molecule has 1 aliphatic heterocycles. The van der Waals surface area contributed by atoms with Crippen LogP contribution in [0.4, 0.5) is 0 Å². The number of likely N-dealkylation sites (N-methyl/N-ethyl adjacent to an activating group) is 2. The number of methoxy groups -OCH3 is 1. The first-order valence-corrected chi connectivity index (χ1v) is 10.7. The smallest absolute Gasteiger partial charge is 0.339 e. The number of hydrogen-bond donors (Lipinski definition) is 0. The predicted octanol–water partition coefficient (Wildman–Crippen LogP) is 2.69. The summed E-state index contributed by atoms with van der Waals surface area (Å²) < 4.78 is 17.5. The summed E-state index contributed by atoms with van der Waals surface area (Å²) in [6.07, 6.45) is 1.85. The van der Waals surface area contributed by atoms with E-state index in [1.165, 1.54) is 9.80 Å². The summed E-state index contributed by atoms with van der Waals surface area (Å²) in [6, 6.07) is 1.85. The molecule has 2 aromatic rings. The number of hydrogen-bond acceptors (Lipinski definition) is 6. The van der Waals surface area contributed by atoms with Crippen molar-refractivity contribution < 1.29 is 23.5 Å². The Morgan fingerprint density at radius 2 is 1.88 bits per heavy atom. The van der Waals surface area contributed by atoms with Crippen LogP contribution in [0, 0.1) is 6.92 Å². The normalized spacial score (nSPS) is 14.5. The summed E-state index contributed by atoms with van der Waals surface area (Å²) in [5.74, 6) is 0.858. The molecule has 174 valence electrons. The van der Waals surface area contributed by atoms with E-state index in [0.717, 1.165) is 29.4 Å². The minimum absolute atomic E-state index is 0.00650. The monoisotopic (exact) mass is 444 g/mol. The van der Waals surface area contributed by atoms with E-state index in [2.05, 4.69) is 0 Å². The molecule has 1 aromatic heterocycles. The number of nitrogens with zero attached hydrogens (tertiary/aromatic N) is 2. The second-order valence-corrected chi connectivity index (χ2v) is 9.15. The maximum atomic E-state index is 12.9. The average molecular weight is 445 g/mol. The standard InChI is InChI=1S/C24H32N2O6/c1-14-15(8-9-19(27)26(6)13-20(28)25(4)5)23(29)31-22-16-10-11-24(2,3)32-17(16)12-18(30-7)21(14)22/h12H,8-11,13H2,1-7H3. The third-order valence-corrected chi connectivity index (χ3v) is 6.05. The average Bonchev–Trinajstić information content (AvgIpc) is 2.71. The van der Waals surface area contributed by atoms with Gasteiger partial charge in [-0.25, -0.2) is 4.79 Å². The van der Waals surface area contributed by atoms with Gasteiger partial charge in [0.1, 0.15) is 22.7 Å². The number of benzene rings is 1. The zero-order valence-electron chi connectivity index (χ0n) is 20.0. The van der Waals surface area contributed by atoms with Crippen LogP contribution in [0.3, 0.4) is 0 Å². The fraction of sp³-hybridized carbons (Fsp3) is 0.542. The highest BCUT2D eigenvalue weighted by atomic mass is 16.5. The van der Waals surface area contributed by atoms with E-state index in [4.69, 9.17) is 13.9 Å². The summed E-state index contributed by atoms with van der Waals surface area (Å²) in [6.45, 7) is 5.89. The fourth-order valence-electron chi connectivity index (χ4n) is 3.99. The molecule has 0 saturated heterocycles. The van der Waals surface area contributed by atoms with Crippen molar-refractivity contribution in [3.63, 3.8) is 0 Å². The first-order valence-electron chi connectivity index (χ1n) is 10.7. The van der Waals surface area contributed by atoms with Gasteiger partial charge in [0.15, 0.2) is 0 Å². The summed E-state index contributed by atoms with van der Waals surface area (Å²) in [5.41, 5.74) is 1.76. The van der Waals surface area contributed by atoms with Crippen molar-refractivity contribution in [2.45, 2.75) is 52.1 Å². The first kappa shape index (κ1) is 23.6. The minimum Gasteiger partial charge on any atom is -0.496 e. The van der Waals surface area contributed by atoms with E-state index in [1.54, 1.807) is 28.3 Å². The molecule has 0 spiro atoms. The quantitative estimate of drug-likeness (QED) is 0.637. The lowest BCUT2D eigenvalue weighted by atomic mass is 9.91. The van der Waals surface area contributed by atoms with Crippen LogP contribution in [0.2, 0.25) is 0 Å². The number of ether oxygens (including phenoxy) is 2. The highest BCUT2D eigenvalue weighted by molar-refractivity contribution is 5.92. The third-order valence-electron chi connectivity index (χ3n) is 6.05. The summed E-state index contributed by atoms with van der Waals surface area (Å²) in [4.78, 5) is 40.1. The lowest BCUT2D eigenvalue weighted by Crippen LogP contribution is -2.38. The Balaban J connectivity index is 1.94. The predicted molar refractivity (Wildman–Crippen MR) is 121 cm³/mol. The highest BCUT2D eigenvalue weighted by Gasteiger charge is 2.31. The van der Waals surface area contributed by atoms with Gasteiger partial charge in [0.05, 0.1) is 19.0 Å². The fourth-order valence-corrected chi connectivity index (χ4v) is 3.99. The van der Waals surface area contributed by atoms with Gasteiger partial charge in [0.25, 0.3) is 0 Å². The van der Waals surface area contributed by atoms with Gasteiger partial charge in [-0.15, -0.1) is 0 Å². The molecule has 0 bridgehead atoms. The number of amides is 2. The lowest BCUT2D eigenvalue weighted by Gasteiger charge is -2.33. The van der Waals surface area contributed by atoms with Gasteiger partial charge in [0, 0.05) is 44.8 Å². The Morgan fingerprint density at radius 1 is 1.19 bits per heavy atom. The van der Waals surface area contributed by atoms with Crippen molar-refractivity contribution in [1.29, 1.82) is 0 Å². The minimum atomic E-state index is -0.463. The number of aryl methyl sites for hydroxylation is 2. The molecule has 8 heteroatoms. The topological polar surface area (TPSA) is 89.3 Å². The van der Waals surface area contributed by atoms with E-state index in [9.17, 15) is 14.4 Å². The molecule has 8 nitrogen and oxygen atoms in total. The molecular weight excluding hydrogens is 412 g/mol. The van der Waals surface area contributed by atoms with Gasteiger partial charge in [-0.2, -0.15) is 0 Å². The second kappa shape index (κ2) is 8.84. The number of rotatable bonds is 6. The maximum Gasteiger partial charge on any atom is 0.339 e. The molecule has 2 amide bonds. The van der Waals surface area contributed by atoms with Gasteiger partial charge < -0.3 is 23.7 Å². The van der Waals surface area contributed by atoms with Gasteiger partial charge in [0.2, 0.25) is 11.8 Å². The SMILES string of the molecule is COc1cc2c(c3oc(=O)c(CCC(=O)N(C)CC(=O)N(C)C)c(C)c13)CCC(C)(C)O2. The van der Waals surface area contributed by atoms with E-state index in [0.29, 0.717) is 22.6 Å². The number of carbonyl (C=O) groups excluding carboxylic acids is 2. The van der Waals surface area contributed by atoms with Crippen molar-refractivity contribution in [1.82, 2.24) is 9.80 Å². The van der Waals surface area contributed by atoms with Crippen molar-refractivity contribution in [3.8, 4) is 11.5 Å². The van der Waals surface area contributed by atoms with Crippen LogP contribution in [-0.2, 0) is 22.4 Å². The van der Waals surface area contributed by atoms with E-state index in [1.807, 2.05) is 26.8 Å². The zero-order valence-corrected chi connectivity index (χ0v) is 20.0. The molecule has 0 N–H and O–H groups in total. The molecule has 1 aliphatic rings. The summed E-state index contributed by atoms with van der Waals surface area (Å²) >= 11 is 0. The molecule has 0 fully saturated rings. The van der Waals surface area contributed by atoms with Crippen LogP contribution in [0.15, 0.2) is 15.3 Å². The third kappa shape index (κ3) is 4.59. The lowest BCUT2D eigenvalue weighted by molar-refractivity contribution is -0.137. The number of carbonyl (C=O) groups is 2. The van der Waals surface area contributed by atoms with E-state index in [-0.39, 0.29) is 36.8 Å². The second-order valence-electron chi connectivity index (χ2n) is 9.15. The van der Waals surface area contributed by atoms with Crippen LogP contribution in [0.25, 0.3) is 11.0 Å². The molecule has 0 atom stereocenters. The van der Waals surface area contributed by atoms with Crippen LogP contribution in [-0.4, -0.2) is 62.0 Å². The van der Waals surface area contributed by atoms with Crippen LogP contribution >= 0.6 is 0 Å². The van der Waals surface area contributed by atoms with Gasteiger partial charge in [-0.05, 0) is 45.6 Å². The van der Waals surface area contributed by atoms with E-state index >= 15 is 0 Å². The van der Waals surface area contributed by atoms with Crippen molar-refractivity contribution in [2.24, 2.45) is 0 Å². The van der Waals surface area contributed by atoms with Crippen LogP contribution in [0.5, 0.6) is 11.5 Å². The van der Waals surface area contributed by atoms with E-state index < -0.39 is 5.63 Å². The molecule has 3 rings (SSSR count).